The highest BCUT2D eigenvalue weighted by Gasteiger charge is 2.10. The molecule has 0 N–H and O–H groups in total. The van der Waals surface area contributed by atoms with Gasteiger partial charge in [-0.3, -0.25) is 0 Å². The van der Waals surface area contributed by atoms with E-state index in [1.165, 1.54) is 17.9 Å². The Kier molecular flexibility index (Phi) is 3.07. The lowest BCUT2D eigenvalue weighted by Gasteiger charge is -1.91. The van der Waals surface area contributed by atoms with Gasteiger partial charge in [-0.25, -0.2) is 0 Å². The van der Waals surface area contributed by atoms with Crippen molar-refractivity contribution in [3.05, 3.63) is 26.8 Å². The van der Waals surface area contributed by atoms with Gasteiger partial charge in [0.1, 0.15) is 0 Å². The van der Waals surface area contributed by atoms with Crippen LogP contribution in [-0.4, -0.2) is 6.26 Å². The molecule has 0 atom stereocenters. The molecule has 0 saturated heterocycles. The summed E-state index contributed by atoms with van der Waals surface area (Å²) in [6.45, 7) is 0. The summed E-state index contributed by atoms with van der Waals surface area (Å²) in [6, 6.07) is 6.07. The summed E-state index contributed by atoms with van der Waals surface area (Å²) < 4.78 is 3.88. The molecule has 2 aromatic rings. The van der Waals surface area contributed by atoms with Gasteiger partial charge in [-0.2, -0.15) is 0 Å². The largest absolute Gasteiger partial charge is 0.126 e. The SMILES string of the molecule is CSc1sc2c(Cl)cccc2c1I. The minimum absolute atomic E-state index is 0.862. The zero-order valence-corrected chi connectivity index (χ0v) is 11.4. The standard InChI is InChI=1S/C9H6ClIS2/c1-12-9-7(11)5-3-2-4-6(10)8(5)13-9/h2-4H,1H3. The average molecular weight is 341 g/mol. The summed E-state index contributed by atoms with van der Waals surface area (Å²) in [7, 11) is 0. The first kappa shape index (κ1) is 10.1. The zero-order chi connectivity index (χ0) is 9.42. The second-order valence-corrected chi connectivity index (χ2v) is 6.11. The van der Waals surface area contributed by atoms with Crippen LogP contribution >= 0.6 is 57.3 Å². The van der Waals surface area contributed by atoms with Crippen molar-refractivity contribution in [2.24, 2.45) is 0 Å². The average Bonchev–Trinajstić information content (AvgIpc) is 2.45. The van der Waals surface area contributed by atoms with E-state index in [1.807, 2.05) is 12.1 Å². The van der Waals surface area contributed by atoms with Gasteiger partial charge in [0.05, 0.1) is 13.9 Å². The fraction of sp³-hybridized carbons (Fsp3) is 0.111. The Morgan fingerprint density at radius 1 is 1.46 bits per heavy atom. The molecule has 1 heterocycles. The maximum Gasteiger partial charge on any atom is 0.0742 e. The van der Waals surface area contributed by atoms with Gasteiger partial charge in [-0.05, 0) is 34.9 Å². The molecule has 4 heteroatoms. The highest BCUT2D eigenvalue weighted by Crippen LogP contribution is 2.40. The molecule has 0 amide bonds. The number of benzene rings is 1. The lowest BCUT2D eigenvalue weighted by atomic mass is 10.3. The van der Waals surface area contributed by atoms with Crippen LogP contribution in [0.1, 0.15) is 0 Å². The molecule has 0 aliphatic rings. The Morgan fingerprint density at radius 2 is 2.23 bits per heavy atom. The summed E-state index contributed by atoms with van der Waals surface area (Å²) in [6.07, 6.45) is 2.10. The van der Waals surface area contributed by atoms with Crippen LogP contribution in [0, 0.1) is 3.57 Å². The van der Waals surface area contributed by atoms with Crippen molar-refractivity contribution in [3.63, 3.8) is 0 Å². The smallest absolute Gasteiger partial charge is 0.0742 e. The first-order valence-electron chi connectivity index (χ1n) is 3.64. The molecule has 0 saturated carbocycles. The second kappa shape index (κ2) is 3.96. The number of thioether (sulfide) groups is 1. The molecule has 0 aliphatic carbocycles. The van der Waals surface area contributed by atoms with E-state index in [-0.39, 0.29) is 0 Å². The van der Waals surface area contributed by atoms with E-state index in [2.05, 4.69) is 34.9 Å². The molecule has 1 aromatic carbocycles. The maximum atomic E-state index is 6.10. The number of hydrogen-bond donors (Lipinski definition) is 0. The topological polar surface area (TPSA) is 0 Å². The van der Waals surface area contributed by atoms with Crippen molar-refractivity contribution < 1.29 is 0 Å². The van der Waals surface area contributed by atoms with Crippen molar-refractivity contribution >= 4 is 67.4 Å². The number of thiophene rings is 1. The van der Waals surface area contributed by atoms with Crippen molar-refractivity contribution in [3.8, 4) is 0 Å². The summed E-state index contributed by atoms with van der Waals surface area (Å²) in [5, 5.41) is 2.14. The van der Waals surface area contributed by atoms with Crippen molar-refractivity contribution in [2.45, 2.75) is 4.21 Å². The Morgan fingerprint density at radius 3 is 2.85 bits per heavy atom. The molecule has 0 unspecified atom stereocenters. The lowest BCUT2D eigenvalue weighted by molar-refractivity contribution is 1.67. The van der Waals surface area contributed by atoms with Gasteiger partial charge in [0.2, 0.25) is 0 Å². The molecule has 0 bridgehead atoms. The molecule has 0 spiro atoms. The molecule has 2 rings (SSSR count). The third kappa shape index (κ3) is 1.71. The molecular formula is C9H6ClIS2. The van der Waals surface area contributed by atoms with E-state index in [9.17, 15) is 0 Å². The van der Waals surface area contributed by atoms with Gasteiger partial charge in [0.15, 0.2) is 0 Å². The molecule has 0 fully saturated rings. The summed E-state index contributed by atoms with van der Waals surface area (Å²) in [5.74, 6) is 0. The quantitative estimate of drug-likeness (QED) is 0.526. The van der Waals surface area contributed by atoms with E-state index < -0.39 is 0 Å². The summed E-state index contributed by atoms with van der Waals surface area (Å²) in [4.78, 5) is 0. The van der Waals surface area contributed by atoms with Crippen LogP contribution in [0.4, 0.5) is 0 Å². The predicted molar refractivity (Wildman–Crippen MR) is 71.3 cm³/mol. The molecule has 0 aliphatic heterocycles. The lowest BCUT2D eigenvalue weighted by Crippen LogP contribution is -1.68. The highest BCUT2D eigenvalue weighted by atomic mass is 127. The monoisotopic (exact) mass is 340 g/mol. The van der Waals surface area contributed by atoms with Gasteiger partial charge in [-0.1, -0.05) is 23.7 Å². The third-order valence-corrected chi connectivity index (χ3v) is 6.40. The number of rotatable bonds is 1. The van der Waals surface area contributed by atoms with E-state index in [0.717, 1.165) is 5.02 Å². The maximum absolute atomic E-state index is 6.10. The summed E-state index contributed by atoms with van der Waals surface area (Å²) >= 11 is 12.0. The molecule has 13 heavy (non-hydrogen) atoms. The molecular weight excluding hydrogens is 335 g/mol. The van der Waals surface area contributed by atoms with E-state index in [1.54, 1.807) is 23.1 Å². The van der Waals surface area contributed by atoms with Gasteiger partial charge in [0.25, 0.3) is 0 Å². The minimum atomic E-state index is 0.862. The molecule has 68 valence electrons. The molecule has 0 radical (unpaired) electrons. The van der Waals surface area contributed by atoms with Crippen LogP contribution in [-0.2, 0) is 0 Å². The predicted octanol–water partition coefficient (Wildman–Crippen LogP) is 4.88. The Balaban J connectivity index is 2.83. The Hall–Kier alpha value is 0.550. The van der Waals surface area contributed by atoms with Crippen molar-refractivity contribution in [2.75, 3.05) is 6.26 Å². The van der Waals surface area contributed by atoms with Crippen LogP contribution in [0.15, 0.2) is 22.4 Å². The van der Waals surface area contributed by atoms with Gasteiger partial charge in [-0.15, -0.1) is 23.1 Å². The number of hydrogen-bond acceptors (Lipinski definition) is 2. The first-order valence-corrected chi connectivity index (χ1v) is 7.14. The van der Waals surface area contributed by atoms with Crippen LogP contribution in [0.25, 0.3) is 10.1 Å². The molecule has 1 aromatic heterocycles. The Labute approximate surface area is 104 Å². The van der Waals surface area contributed by atoms with Crippen LogP contribution in [0.2, 0.25) is 5.02 Å². The normalized spacial score (nSPS) is 11.0. The van der Waals surface area contributed by atoms with Gasteiger partial charge >= 0.3 is 0 Å². The second-order valence-electron chi connectivity index (χ2n) is 2.52. The van der Waals surface area contributed by atoms with Crippen LogP contribution in [0.5, 0.6) is 0 Å². The van der Waals surface area contributed by atoms with E-state index in [0.29, 0.717) is 0 Å². The highest BCUT2D eigenvalue weighted by molar-refractivity contribution is 14.1. The van der Waals surface area contributed by atoms with Gasteiger partial charge < -0.3 is 0 Å². The van der Waals surface area contributed by atoms with Crippen LogP contribution < -0.4 is 0 Å². The number of fused-ring (bicyclic) bond motifs is 1. The van der Waals surface area contributed by atoms with Crippen molar-refractivity contribution in [1.82, 2.24) is 0 Å². The zero-order valence-electron chi connectivity index (χ0n) is 6.80. The van der Waals surface area contributed by atoms with E-state index in [4.69, 9.17) is 11.6 Å². The fourth-order valence-electron chi connectivity index (χ4n) is 1.16. The summed E-state index contributed by atoms with van der Waals surface area (Å²) in [5.41, 5.74) is 0. The van der Waals surface area contributed by atoms with Crippen molar-refractivity contribution in [1.29, 1.82) is 0 Å². The van der Waals surface area contributed by atoms with Gasteiger partial charge in [0, 0.05) is 8.96 Å². The minimum Gasteiger partial charge on any atom is -0.126 e. The number of halogens is 2. The Bertz CT molecular complexity index is 450. The fourth-order valence-corrected chi connectivity index (χ4v) is 4.78. The molecule has 0 nitrogen and oxygen atoms in total. The van der Waals surface area contributed by atoms with E-state index >= 15 is 0 Å². The van der Waals surface area contributed by atoms with Crippen LogP contribution in [0.3, 0.4) is 0 Å². The first-order chi connectivity index (χ1) is 6.24. The third-order valence-electron chi connectivity index (χ3n) is 1.76.